The topological polar surface area (TPSA) is 67.9 Å². The number of piperidine rings is 1. The zero-order valence-electron chi connectivity index (χ0n) is 17.3. The number of thiazole rings is 1. The normalized spacial score (nSPS) is 19.6. The van der Waals surface area contributed by atoms with Crippen molar-refractivity contribution >= 4 is 50.8 Å². The Bertz CT molecular complexity index is 1330. The summed E-state index contributed by atoms with van der Waals surface area (Å²) < 4.78 is 0.932. The van der Waals surface area contributed by atoms with E-state index in [4.69, 9.17) is 38.9 Å². The first kappa shape index (κ1) is 20.4. The predicted octanol–water partition coefficient (Wildman–Crippen LogP) is 5.90. The maximum Gasteiger partial charge on any atom is 0.227 e. The van der Waals surface area contributed by atoms with Crippen molar-refractivity contribution in [2.45, 2.75) is 25.3 Å². The predicted molar refractivity (Wildman–Crippen MR) is 132 cm³/mol. The molecule has 162 valence electrons. The largest absolute Gasteiger partial charge is 0.341 e. The van der Waals surface area contributed by atoms with E-state index < -0.39 is 0 Å². The van der Waals surface area contributed by atoms with Gasteiger partial charge >= 0.3 is 0 Å². The minimum atomic E-state index is 0.104. The van der Waals surface area contributed by atoms with Crippen LogP contribution in [0.3, 0.4) is 0 Å². The molecule has 2 aromatic heterocycles. The van der Waals surface area contributed by atoms with Gasteiger partial charge in [0.2, 0.25) is 5.95 Å². The van der Waals surface area contributed by atoms with Crippen LogP contribution < -0.4 is 10.6 Å². The summed E-state index contributed by atoms with van der Waals surface area (Å²) in [5.41, 5.74) is 11.1. The molecule has 0 saturated carbocycles. The third-order valence-electron chi connectivity index (χ3n) is 6.95. The van der Waals surface area contributed by atoms with Crippen LogP contribution in [0.1, 0.15) is 30.0 Å². The fourth-order valence-corrected chi connectivity index (χ4v) is 6.48. The minimum Gasteiger partial charge on any atom is -0.341 e. The Labute approximate surface area is 200 Å². The van der Waals surface area contributed by atoms with Crippen LogP contribution in [0.15, 0.2) is 48.7 Å². The Kier molecular flexibility index (Phi) is 4.88. The molecule has 32 heavy (non-hydrogen) atoms. The lowest BCUT2D eigenvalue weighted by atomic mass is 9.73. The van der Waals surface area contributed by atoms with E-state index in [2.05, 4.69) is 34.1 Å². The molecule has 8 heteroatoms. The van der Waals surface area contributed by atoms with Crippen molar-refractivity contribution in [2.24, 2.45) is 11.1 Å². The number of rotatable bonds is 2. The zero-order valence-corrected chi connectivity index (χ0v) is 19.6. The molecule has 2 aromatic carbocycles. The maximum atomic E-state index is 6.72. The summed E-state index contributed by atoms with van der Waals surface area (Å²) in [6.07, 6.45) is 4.99. The van der Waals surface area contributed by atoms with Crippen molar-refractivity contribution in [2.75, 3.05) is 18.0 Å². The van der Waals surface area contributed by atoms with Crippen LogP contribution in [0.2, 0.25) is 10.0 Å². The summed E-state index contributed by atoms with van der Waals surface area (Å²) in [6, 6.07) is 14.3. The molecule has 0 amide bonds. The van der Waals surface area contributed by atoms with Crippen LogP contribution in [0.25, 0.3) is 20.9 Å². The molecule has 1 aliphatic carbocycles. The van der Waals surface area contributed by atoms with Crippen LogP contribution in [0.4, 0.5) is 5.95 Å². The van der Waals surface area contributed by atoms with Gasteiger partial charge in [-0.1, -0.05) is 59.6 Å². The zero-order chi connectivity index (χ0) is 21.9. The van der Waals surface area contributed by atoms with E-state index >= 15 is 0 Å². The number of anilines is 1. The molecule has 2 N–H and O–H groups in total. The van der Waals surface area contributed by atoms with Gasteiger partial charge in [-0.25, -0.2) is 9.97 Å². The number of hydrogen-bond acceptors (Lipinski definition) is 6. The van der Waals surface area contributed by atoms with Gasteiger partial charge in [0.15, 0.2) is 5.65 Å². The Balaban J connectivity index is 1.24. The second kappa shape index (κ2) is 7.66. The summed E-state index contributed by atoms with van der Waals surface area (Å²) in [5.74, 6) is 0.727. The number of fused-ring (bicyclic) bond motifs is 2. The number of halogens is 2. The monoisotopic (exact) mass is 481 g/mol. The van der Waals surface area contributed by atoms with Gasteiger partial charge in [0.1, 0.15) is 5.01 Å². The van der Waals surface area contributed by atoms with Crippen molar-refractivity contribution in [1.82, 2.24) is 15.0 Å². The van der Waals surface area contributed by atoms with Crippen molar-refractivity contribution in [3.8, 4) is 10.6 Å². The number of nitrogens with two attached hydrogens (primary N) is 1. The van der Waals surface area contributed by atoms with E-state index in [9.17, 15) is 0 Å². The highest BCUT2D eigenvalue weighted by Crippen LogP contribution is 2.50. The highest BCUT2D eigenvalue weighted by Gasteiger charge is 2.46. The molecule has 6 rings (SSSR count). The summed E-state index contributed by atoms with van der Waals surface area (Å²) >= 11 is 14.1. The van der Waals surface area contributed by atoms with Gasteiger partial charge in [0.25, 0.3) is 0 Å². The number of benzene rings is 2. The van der Waals surface area contributed by atoms with Gasteiger partial charge < -0.3 is 10.6 Å². The highest BCUT2D eigenvalue weighted by atomic mass is 35.5. The van der Waals surface area contributed by atoms with E-state index in [0.29, 0.717) is 15.7 Å². The van der Waals surface area contributed by atoms with Crippen molar-refractivity contribution in [3.63, 3.8) is 0 Å². The van der Waals surface area contributed by atoms with Gasteiger partial charge in [-0.15, -0.1) is 11.3 Å². The summed E-state index contributed by atoms with van der Waals surface area (Å²) in [6.45, 7) is 1.79. The third kappa shape index (κ3) is 3.20. The summed E-state index contributed by atoms with van der Waals surface area (Å²) in [5, 5.41) is 1.83. The van der Waals surface area contributed by atoms with Crippen LogP contribution in [0.5, 0.6) is 0 Å². The molecule has 4 aromatic rings. The molecule has 0 bridgehead atoms. The highest BCUT2D eigenvalue weighted by molar-refractivity contribution is 7.21. The Morgan fingerprint density at radius 3 is 2.66 bits per heavy atom. The molecule has 1 spiro atoms. The summed E-state index contributed by atoms with van der Waals surface area (Å²) in [4.78, 5) is 16.4. The number of hydrogen-bond donors (Lipinski definition) is 1. The lowest BCUT2D eigenvalue weighted by molar-refractivity contribution is 0.187. The lowest BCUT2D eigenvalue weighted by Gasteiger charge is -2.42. The second-order valence-corrected chi connectivity index (χ2v) is 10.5. The molecule has 1 aliphatic heterocycles. The van der Waals surface area contributed by atoms with Gasteiger partial charge in [-0.05, 0) is 41.9 Å². The van der Waals surface area contributed by atoms with E-state index in [1.165, 1.54) is 22.5 Å². The lowest BCUT2D eigenvalue weighted by Crippen LogP contribution is -2.44. The molecule has 5 nitrogen and oxygen atoms in total. The standard InChI is InChI=1S/C24H21Cl2N5S/c25-17-7-3-6-16(19(17)26)22-29-21-18(32-22)13-28-23(30-21)31-10-8-24(9-11-31)12-14-4-1-2-5-15(14)20(24)27/h1-7,13,20H,8-12,27H2/t20-/m1/s1. The van der Waals surface area contributed by atoms with Crippen LogP contribution in [-0.2, 0) is 6.42 Å². The van der Waals surface area contributed by atoms with Crippen molar-refractivity contribution in [1.29, 1.82) is 0 Å². The molecule has 1 atom stereocenters. The molecular weight excluding hydrogens is 461 g/mol. The van der Waals surface area contributed by atoms with Crippen LogP contribution in [-0.4, -0.2) is 28.0 Å². The fourth-order valence-electron chi connectivity index (χ4n) is 5.12. The second-order valence-electron chi connectivity index (χ2n) is 8.68. The minimum absolute atomic E-state index is 0.104. The molecule has 1 saturated heterocycles. The van der Waals surface area contributed by atoms with Crippen LogP contribution >= 0.6 is 34.5 Å². The Hall–Kier alpha value is -2.25. The summed E-state index contributed by atoms with van der Waals surface area (Å²) in [7, 11) is 0. The van der Waals surface area contributed by atoms with Crippen LogP contribution in [0, 0.1) is 5.41 Å². The SMILES string of the molecule is N[C@@H]1c2ccccc2CC12CCN(c1ncc3sc(-c4cccc(Cl)c4Cl)nc3n1)CC2. The fraction of sp³-hybridized carbons (Fsp3) is 0.292. The molecule has 0 radical (unpaired) electrons. The maximum absolute atomic E-state index is 6.72. The molecule has 1 fully saturated rings. The molecule has 2 aliphatic rings. The first-order valence-corrected chi connectivity index (χ1v) is 12.3. The van der Waals surface area contributed by atoms with Gasteiger partial charge in [-0.2, -0.15) is 4.98 Å². The van der Waals surface area contributed by atoms with E-state index in [-0.39, 0.29) is 11.5 Å². The van der Waals surface area contributed by atoms with E-state index in [1.807, 2.05) is 18.3 Å². The first-order chi connectivity index (χ1) is 15.5. The Morgan fingerprint density at radius 1 is 1.03 bits per heavy atom. The van der Waals surface area contributed by atoms with E-state index in [0.717, 1.165) is 53.6 Å². The molecular formula is C24H21Cl2N5S. The molecule has 3 heterocycles. The average Bonchev–Trinajstić information content (AvgIpc) is 3.35. The first-order valence-electron chi connectivity index (χ1n) is 10.7. The smallest absolute Gasteiger partial charge is 0.227 e. The average molecular weight is 482 g/mol. The Morgan fingerprint density at radius 2 is 1.84 bits per heavy atom. The van der Waals surface area contributed by atoms with Crippen molar-refractivity contribution < 1.29 is 0 Å². The number of aromatic nitrogens is 3. The van der Waals surface area contributed by atoms with Gasteiger partial charge in [0, 0.05) is 24.7 Å². The quantitative estimate of drug-likeness (QED) is 0.385. The molecule has 0 unspecified atom stereocenters. The van der Waals surface area contributed by atoms with Crippen molar-refractivity contribution in [3.05, 3.63) is 69.8 Å². The third-order valence-corrected chi connectivity index (χ3v) is 8.79. The van der Waals surface area contributed by atoms with E-state index in [1.54, 1.807) is 6.07 Å². The number of nitrogens with zero attached hydrogens (tertiary/aromatic N) is 4. The van der Waals surface area contributed by atoms with Gasteiger partial charge in [-0.3, -0.25) is 0 Å². The van der Waals surface area contributed by atoms with Gasteiger partial charge in [0.05, 0.1) is 20.9 Å².